The average molecular weight is 410 g/mol. The van der Waals surface area contributed by atoms with E-state index in [9.17, 15) is 8.42 Å². The first-order chi connectivity index (χ1) is 13.1. The summed E-state index contributed by atoms with van der Waals surface area (Å²) in [6, 6.07) is 3.72. The molecule has 1 fully saturated rings. The van der Waals surface area contributed by atoms with Crippen LogP contribution in [-0.4, -0.2) is 60.6 Å². The number of ether oxygens (including phenoxy) is 2. The number of rotatable bonds is 5. The Kier molecular flexibility index (Phi) is 5.62. The van der Waals surface area contributed by atoms with Crippen molar-refractivity contribution in [2.75, 3.05) is 30.9 Å². The molecule has 9 nitrogen and oxygen atoms in total. The molecule has 0 aliphatic carbocycles. The fourth-order valence-electron chi connectivity index (χ4n) is 2.89. The van der Waals surface area contributed by atoms with Crippen molar-refractivity contribution in [1.82, 2.24) is 20.2 Å². The van der Waals surface area contributed by atoms with E-state index in [1.165, 1.54) is 6.26 Å². The van der Waals surface area contributed by atoms with Crippen molar-refractivity contribution in [3.63, 3.8) is 0 Å². The van der Waals surface area contributed by atoms with E-state index in [1.54, 1.807) is 26.0 Å². The highest BCUT2D eigenvalue weighted by molar-refractivity contribution is 7.91. The van der Waals surface area contributed by atoms with E-state index >= 15 is 0 Å². The molecule has 0 aromatic carbocycles. The van der Waals surface area contributed by atoms with Crippen LogP contribution in [0.2, 0.25) is 0 Å². The molecule has 3 heterocycles. The second-order valence-electron chi connectivity index (χ2n) is 7.60. The van der Waals surface area contributed by atoms with Gasteiger partial charge in [-0.3, -0.25) is 0 Å². The highest BCUT2D eigenvalue weighted by Crippen LogP contribution is 2.32. The van der Waals surface area contributed by atoms with Gasteiger partial charge >= 0.3 is 6.01 Å². The van der Waals surface area contributed by atoms with Crippen LogP contribution in [0, 0.1) is 6.92 Å². The smallest absolute Gasteiger partial charge is 0.325 e. The van der Waals surface area contributed by atoms with Gasteiger partial charge < -0.3 is 14.4 Å². The van der Waals surface area contributed by atoms with E-state index in [2.05, 4.69) is 32.0 Å². The van der Waals surface area contributed by atoms with Gasteiger partial charge in [-0.2, -0.15) is 15.1 Å². The van der Waals surface area contributed by atoms with Crippen LogP contribution in [0.5, 0.6) is 11.9 Å². The summed E-state index contributed by atoms with van der Waals surface area (Å²) in [4.78, 5) is 11.0. The average Bonchev–Trinajstić information content (AvgIpc) is 2.88. The monoisotopic (exact) mass is 409 g/mol. The quantitative estimate of drug-likeness (QED) is 0.800. The minimum atomic E-state index is -3.42. The molecule has 2 aromatic rings. The number of hydrogen-bond donors (Lipinski definition) is 1. The highest BCUT2D eigenvalue weighted by Gasteiger charge is 2.36. The van der Waals surface area contributed by atoms with E-state index in [0.717, 1.165) is 12.1 Å². The first kappa shape index (κ1) is 20.5. The molecule has 1 atom stereocenters. The van der Waals surface area contributed by atoms with Gasteiger partial charge in [0.2, 0.25) is 5.88 Å². The third kappa shape index (κ3) is 4.27. The van der Waals surface area contributed by atoms with Crippen molar-refractivity contribution in [3.8, 4) is 11.9 Å². The second-order valence-corrected chi connectivity index (χ2v) is 10.2. The molecule has 0 saturated carbocycles. The van der Waals surface area contributed by atoms with Gasteiger partial charge in [0.15, 0.2) is 9.84 Å². The summed E-state index contributed by atoms with van der Waals surface area (Å²) in [6.45, 7) is 9.10. The van der Waals surface area contributed by atoms with Gasteiger partial charge in [0.1, 0.15) is 10.6 Å². The topological polar surface area (TPSA) is 110 Å². The SMILES string of the molecule is Cc1cc(Oc2nc(N3CCOCC[C@H]3C)cc(C(C)(C)S(C)(=O)=O)n2)[nH]n1. The normalized spacial score (nSPS) is 18.8. The molecule has 1 aliphatic heterocycles. The number of nitrogens with one attached hydrogen (secondary N) is 1. The van der Waals surface area contributed by atoms with Gasteiger partial charge in [0.25, 0.3) is 0 Å². The van der Waals surface area contributed by atoms with Crippen LogP contribution in [0.25, 0.3) is 0 Å². The maximum Gasteiger partial charge on any atom is 0.325 e. The summed E-state index contributed by atoms with van der Waals surface area (Å²) < 4.78 is 34.9. The Morgan fingerprint density at radius 3 is 2.68 bits per heavy atom. The van der Waals surface area contributed by atoms with Gasteiger partial charge in [0, 0.05) is 37.6 Å². The molecule has 0 bridgehead atoms. The molecule has 154 valence electrons. The third-order valence-electron chi connectivity index (χ3n) is 5.10. The lowest BCUT2D eigenvalue weighted by molar-refractivity contribution is 0.150. The summed E-state index contributed by atoms with van der Waals surface area (Å²) in [5, 5.41) is 6.79. The molecule has 0 unspecified atom stereocenters. The van der Waals surface area contributed by atoms with Crippen molar-refractivity contribution < 1.29 is 17.9 Å². The van der Waals surface area contributed by atoms with Crippen molar-refractivity contribution in [2.24, 2.45) is 0 Å². The predicted molar refractivity (Wildman–Crippen MR) is 106 cm³/mol. The molecular weight excluding hydrogens is 382 g/mol. The largest absolute Gasteiger partial charge is 0.406 e. The molecule has 28 heavy (non-hydrogen) atoms. The number of H-pyrrole nitrogens is 1. The molecular formula is C18H27N5O4S. The standard InChI is InChI=1S/C18H27N5O4S/c1-12-10-16(22-21-12)27-17-19-14(18(3,4)28(5,24)25)11-15(20-17)23-7-9-26-8-6-13(23)2/h10-11,13H,6-9H2,1-5H3,(H,21,22)/t13-/m1/s1. The third-order valence-corrected chi connectivity index (χ3v) is 7.17. The molecule has 0 amide bonds. The van der Waals surface area contributed by atoms with Crippen LogP contribution in [0.3, 0.4) is 0 Å². The van der Waals surface area contributed by atoms with Gasteiger partial charge in [0.05, 0.1) is 18.0 Å². The molecule has 10 heteroatoms. The maximum absolute atomic E-state index is 12.4. The number of anilines is 1. The minimum absolute atomic E-state index is 0.0743. The number of hydrogen-bond acceptors (Lipinski definition) is 8. The second kappa shape index (κ2) is 7.67. The zero-order valence-corrected chi connectivity index (χ0v) is 17.7. The summed E-state index contributed by atoms with van der Waals surface area (Å²) in [5.41, 5.74) is 1.14. The Morgan fingerprint density at radius 2 is 2.04 bits per heavy atom. The van der Waals surface area contributed by atoms with E-state index < -0.39 is 14.6 Å². The lowest BCUT2D eigenvalue weighted by atomic mass is 10.1. The molecule has 1 N–H and O–H groups in total. The van der Waals surface area contributed by atoms with Crippen LogP contribution in [-0.2, 0) is 19.3 Å². The molecule has 1 aliphatic rings. The van der Waals surface area contributed by atoms with Gasteiger partial charge in [-0.05, 0) is 34.1 Å². The number of aromatic nitrogens is 4. The first-order valence-corrected chi connectivity index (χ1v) is 11.1. The van der Waals surface area contributed by atoms with E-state index in [4.69, 9.17) is 9.47 Å². The number of sulfone groups is 1. The maximum atomic E-state index is 12.4. The number of aromatic amines is 1. The van der Waals surface area contributed by atoms with E-state index in [-0.39, 0.29) is 12.1 Å². The summed E-state index contributed by atoms with van der Waals surface area (Å²) in [6.07, 6.45) is 2.06. The summed E-state index contributed by atoms with van der Waals surface area (Å²) in [5.74, 6) is 1.01. The predicted octanol–water partition coefficient (Wildman–Crippen LogP) is 2.20. The van der Waals surface area contributed by atoms with Crippen LogP contribution >= 0.6 is 0 Å². The Morgan fingerprint density at radius 1 is 1.29 bits per heavy atom. The van der Waals surface area contributed by atoms with Crippen LogP contribution in [0.4, 0.5) is 5.82 Å². The van der Waals surface area contributed by atoms with Gasteiger partial charge in [-0.1, -0.05) is 0 Å². The Bertz CT molecular complexity index is 941. The van der Waals surface area contributed by atoms with Crippen molar-refractivity contribution in [2.45, 2.75) is 44.9 Å². The number of nitrogens with zero attached hydrogens (tertiary/aromatic N) is 4. The van der Waals surface area contributed by atoms with Crippen molar-refractivity contribution >= 4 is 15.7 Å². The van der Waals surface area contributed by atoms with Crippen LogP contribution in [0.15, 0.2) is 12.1 Å². The summed E-state index contributed by atoms with van der Waals surface area (Å²) in [7, 11) is -3.42. The van der Waals surface area contributed by atoms with Crippen LogP contribution in [0.1, 0.15) is 38.6 Å². The van der Waals surface area contributed by atoms with Gasteiger partial charge in [-0.15, -0.1) is 0 Å². The van der Waals surface area contributed by atoms with Crippen molar-refractivity contribution in [3.05, 3.63) is 23.5 Å². The fraction of sp³-hybridized carbons (Fsp3) is 0.611. The molecule has 2 aromatic heterocycles. The molecule has 1 saturated heterocycles. The lowest BCUT2D eigenvalue weighted by Crippen LogP contribution is -2.36. The lowest BCUT2D eigenvalue weighted by Gasteiger charge is -2.29. The Balaban J connectivity index is 2.07. The molecule has 0 radical (unpaired) electrons. The fourth-order valence-corrected chi connectivity index (χ4v) is 3.37. The summed E-state index contributed by atoms with van der Waals surface area (Å²) >= 11 is 0. The molecule has 0 spiro atoms. The number of aryl methyl sites for hydroxylation is 1. The highest BCUT2D eigenvalue weighted by atomic mass is 32.2. The minimum Gasteiger partial charge on any atom is -0.406 e. The van der Waals surface area contributed by atoms with E-state index in [0.29, 0.717) is 37.2 Å². The van der Waals surface area contributed by atoms with Crippen LogP contribution < -0.4 is 9.64 Å². The van der Waals surface area contributed by atoms with Gasteiger partial charge in [-0.25, -0.2) is 13.5 Å². The van der Waals surface area contributed by atoms with Crippen molar-refractivity contribution in [1.29, 1.82) is 0 Å². The zero-order chi connectivity index (χ0) is 20.5. The zero-order valence-electron chi connectivity index (χ0n) is 16.9. The first-order valence-electron chi connectivity index (χ1n) is 9.21. The van der Waals surface area contributed by atoms with E-state index in [1.807, 2.05) is 6.92 Å². The Hall–Kier alpha value is -2.20. The molecule has 3 rings (SSSR count). The Labute approximate surface area is 165 Å².